The Kier molecular flexibility index (Phi) is 5.35. The first-order valence-electron chi connectivity index (χ1n) is 7.07. The first kappa shape index (κ1) is 15.2. The zero-order valence-corrected chi connectivity index (χ0v) is 12.5. The Bertz CT molecular complexity index is 356. The molecule has 1 heterocycles. The topological polar surface area (TPSA) is 47.1 Å². The van der Waals surface area contributed by atoms with E-state index in [-0.39, 0.29) is 11.6 Å². The summed E-state index contributed by atoms with van der Waals surface area (Å²) in [7, 11) is 0. The van der Waals surface area contributed by atoms with Crippen LogP contribution in [0.3, 0.4) is 0 Å². The molecule has 0 saturated carbocycles. The third-order valence-corrected chi connectivity index (χ3v) is 4.24. The predicted molar refractivity (Wildman–Crippen MR) is 76.4 cm³/mol. The molecule has 1 aromatic rings. The summed E-state index contributed by atoms with van der Waals surface area (Å²) >= 11 is 0. The molecule has 4 nitrogen and oxygen atoms in total. The van der Waals surface area contributed by atoms with Crippen LogP contribution < -0.4 is 5.73 Å². The highest BCUT2D eigenvalue weighted by Crippen LogP contribution is 2.32. The maximum Gasteiger partial charge on any atom is 0.0651 e. The van der Waals surface area contributed by atoms with Gasteiger partial charge in [-0.3, -0.25) is 9.58 Å². The number of likely N-dealkylation sites (N-methyl/N-ethyl adjacent to an activating group) is 1. The molecule has 0 aliphatic carbocycles. The molecule has 104 valence electrons. The van der Waals surface area contributed by atoms with Gasteiger partial charge in [0, 0.05) is 18.3 Å². The molecule has 2 N–H and O–H groups in total. The van der Waals surface area contributed by atoms with Crippen molar-refractivity contribution in [3.63, 3.8) is 0 Å². The molecule has 0 amide bonds. The average molecular weight is 252 g/mol. The number of nitrogens with two attached hydrogens (primary N) is 1. The lowest BCUT2D eigenvalue weighted by atomic mass is 9.85. The summed E-state index contributed by atoms with van der Waals surface area (Å²) in [6.45, 7) is 13.9. The highest BCUT2D eigenvalue weighted by molar-refractivity contribution is 5.13. The lowest BCUT2D eigenvalue weighted by molar-refractivity contribution is 0.0814. The van der Waals surface area contributed by atoms with Gasteiger partial charge in [0.2, 0.25) is 0 Å². The van der Waals surface area contributed by atoms with Gasteiger partial charge in [0.25, 0.3) is 0 Å². The zero-order chi connectivity index (χ0) is 13.8. The van der Waals surface area contributed by atoms with Crippen molar-refractivity contribution < 1.29 is 0 Å². The normalized spacial score (nSPS) is 16.8. The maximum atomic E-state index is 6.55. The van der Waals surface area contributed by atoms with Crippen molar-refractivity contribution in [1.82, 2.24) is 14.7 Å². The van der Waals surface area contributed by atoms with Crippen LogP contribution >= 0.6 is 0 Å². The summed E-state index contributed by atoms with van der Waals surface area (Å²) < 4.78 is 2.00. The van der Waals surface area contributed by atoms with Crippen molar-refractivity contribution in [3.8, 4) is 0 Å². The van der Waals surface area contributed by atoms with E-state index in [4.69, 9.17) is 5.73 Å². The number of rotatable bonds is 7. The second-order valence-corrected chi connectivity index (χ2v) is 4.93. The second kappa shape index (κ2) is 6.34. The van der Waals surface area contributed by atoms with E-state index in [1.54, 1.807) is 0 Å². The molecule has 0 bridgehead atoms. The Labute approximate surface area is 111 Å². The van der Waals surface area contributed by atoms with Gasteiger partial charge in [-0.2, -0.15) is 5.10 Å². The van der Waals surface area contributed by atoms with Crippen LogP contribution in [0.1, 0.15) is 52.8 Å². The van der Waals surface area contributed by atoms with Crippen molar-refractivity contribution >= 4 is 0 Å². The van der Waals surface area contributed by atoms with E-state index in [0.29, 0.717) is 0 Å². The van der Waals surface area contributed by atoms with Crippen LogP contribution in [0.4, 0.5) is 0 Å². The van der Waals surface area contributed by atoms with Crippen molar-refractivity contribution in [2.24, 2.45) is 5.73 Å². The fourth-order valence-corrected chi connectivity index (χ4v) is 2.78. The second-order valence-electron chi connectivity index (χ2n) is 4.93. The lowest BCUT2D eigenvalue weighted by Crippen LogP contribution is -2.53. The molecular weight excluding hydrogens is 224 g/mol. The minimum atomic E-state index is -0.0174. The van der Waals surface area contributed by atoms with Crippen molar-refractivity contribution in [2.45, 2.75) is 59.2 Å². The summed E-state index contributed by atoms with van der Waals surface area (Å²) in [6, 6.07) is 2.04. The molecule has 0 aromatic carbocycles. The number of aromatic nitrogens is 2. The highest BCUT2D eigenvalue weighted by atomic mass is 15.3. The summed E-state index contributed by atoms with van der Waals surface area (Å²) in [5.74, 6) is 0. The minimum Gasteiger partial charge on any atom is -0.321 e. The summed E-state index contributed by atoms with van der Waals surface area (Å²) in [5.41, 5.74) is 7.67. The van der Waals surface area contributed by atoms with E-state index in [1.807, 2.05) is 16.9 Å². The van der Waals surface area contributed by atoms with Crippen LogP contribution in [0, 0.1) is 0 Å². The molecule has 2 unspecified atom stereocenters. The van der Waals surface area contributed by atoms with Gasteiger partial charge in [0.15, 0.2) is 0 Å². The molecule has 4 heteroatoms. The summed E-state index contributed by atoms with van der Waals surface area (Å²) in [4.78, 5) is 2.45. The molecule has 0 radical (unpaired) electrons. The van der Waals surface area contributed by atoms with Crippen LogP contribution in [0.5, 0.6) is 0 Å². The number of hydrogen-bond donors (Lipinski definition) is 1. The van der Waals surface area contributed by atoms with E-state index in [1.165, 1.54) is 0 Å². The SMILES string of the molecule is CCN(CC)C(C)(CC)C(N)c1ccnn1CC. The highest BCUT2D eigenvalue weighted by Gasteiger charge is 2.37. The van der Waals surface area contributed by atoms with E-state index in [2.05, 4.69) is 44.6 Å². The van der Waals surface area contributed by atoms with Gasteiger partial charge in [-0.1, -0.05) is 20.8 Å². The number of aryl methyl sites for hydroxylation is 1. The fraction of sp³-hybridized carbons (Fsp3) is 0.786. The molecule has 0 aliphatic rings. The van der Waals surface area contributed by atoms with Gasteiger partial charge in [-0.15, -0.1) is 0 Å². The monoisotopic (exact) mass is 252 g/mol. The van der Waals surface area contributed by atoms with Crippen LogP contribution in [0.25, 0.3) is 0 Å². The van der Waals surface area contributed by atoms with Crippen LogP contribution in [-0.4, -0.2) is 33.3 Å². The maximum absolute atomic E-state index is 6.55. The van der Waals surface area contributed by atoms with Crippen molar-refractivity contribution in [2.75, 3.05) is 13.1 Å². The summed E-state index contributed by atoms with van der Waals surface area (Å²) in [5, 5.41) is 4.33. The molecule has 0 fully saturated rings. The van der Waals surface area contributed by atoms with Gasteiger partial charge in [0.05, 0.1) is 11.7 Å². The Morgan fingerprint density at radius 3 is 2.39 bits per heavy atom. The van der Waals surface area contributed by atoms with Crippen LogP contribution in [-0.2, 0) is 6.54 Å². The first-order chi connectivity index (χ1) is 8.54. The van der Waals surface area contributed by atoms with E-state index < -0.39 is 0 Å². The van der Waals surface area contributed by atoms with Gasteiger partial charge in [0.1, 0.15) is 0 Å². The molecule has 1 rings (SSSR count). The minimum absolute atomic E-state index is 0.00940. The third-order valence-electron chi connectivity index (χ3n) is 4.24. The molecule has 1 aromatic heterocycles. The third kappa shape index (κ3) is 2.59. The van der Waals surface area contributed by atoms with Gasteiger partial charge >= 0.3 is 0 Å². The van der Waals surface area contributed by atoms with E-state index in [0.717, 1.165) is 31.7 Å². The molecule has 0 aliphatic heterocycles. The quantitative estimate of drug-likeness (QED) is 0.810. The predicted octanol–water partition coefficient (Wildman–Crippen LogP) is 2.41. The standard InChI is InChI=1S/C14H28N4/c1-6-14(5,17(7-2)8-3)13(15)12-10-11-16-18(12)9-4/h10-11,13H,6-9,15H2,1-5H3. The smallest absolute Gasteiger partial charge is 0.0651 e. The Hall–Kier alpha value is -0.870. The lowest BCUT2D eigenvalue weighted by Gasteiger charge is -2.44. The zero-order valence-electron chi connectivity index (χ0n) is 12.5. The van der Waals surface area contributed by atoms with Gasteiger partial charge in [-0.05, 0) is 39.4 Å². The van der Waals surface area contributed by atoms with Crippen LogP contribution in [0.15, 0.2) is 12.3 Å². The van der Waals surface area contributed by atoms with Crippen molar-refractivity contribution in [1.29, 1.82) is 0 Å². The van der Waals surface area contributed by atoms with Crippen molar-refractivity contribution in [3.05, 3.63) is 18.0 Å². The molecule has 18 heavy (non-hydrogen) atoms. The molecule has 0 saturated heterocycles. The number of hydrogen-bond acceptors (Lipinski definition) is 3. The van der Waals surface area contributed by atoms with E-state index >= 15 is 0 Å². The summed E-state index contributed by atoms with van der Waals surface area (Å²) in [6.07, 6.45) is 2.88. The molecular formula is C14H28N4. The number of nitrogens with zero attached hydrogens (tertiary/aromatic N) is 3. The average Bonchev–Trinajstić information content (AvgIpc) is 2.86. The Morgan fingerprint density at radius 1 is 1.33 bits per heavy atom. The first-order valence-corrected chi connectivity index (χ1v) is 7.07. The Morgan fingerprint density at radius 2 is 1.94 bits per heavy atom. The largest absolute Gasteiger partial charge is 0.321 e. The van der Waals surface area contributed by atoms with Crippen LogP contribution in [0.2, 0.25) is 0 Å². The van der Waals surface area contributed by atoms with Gasteiger partial charge < -0.3 is 5.73 Å². The van der Waals surface area contributed by atoms with Gasteiger partial charge in [-0.25, -0.2) is 0 Å². The Balaban J connectivity index is 3.08. The molecule has 0 spiro atoms. The fourth-order valence-electron chi connectivity index (χ4n) is 2.78. The molecule has 2 atom stereocenters. The van der Waals surface area contributed by atoms with E-state index in [9.17, 15) is 0 Å².